The van der Waals surface area contributed by atoms with Crippen molar-refractivity contribution < 1.29 is 0 Å². The number of hydrogen-bond donors (Lipinski definition) is 0. The van der Waals surface area contributed by atoms with Gasteiger partial charge in [-0.15, -0.1) is 0 Å². The first-order chi connectivity index (χ1) is 11.2. The van der Waals surface area contributed by atoms with Gasteiger partial charge < -0.3 is 9.47 Å². The number of likely N-dealkylation sites (N-methyl/N-ethyl adjacent to an activating group) is 1. The lowest BCUT2D eigenvalue weighted by atomic mass is 10.0. The first-order valence-corrected chi connectivity index (χ1v) is 8.08. The molecule has 0 spiro atoms. The average molecular weight is 303 g/mol. The summed E-state index contributed by atoms with van der Waals surface area (Å²) in [6.45, 7) is 4.16. The van der Waals surface area contributed by atoms with Crippen LogP contribution in [0, 0.1) is 6.92 Å². The molecule has 2 heterocycles. The first kappa shape index (κ1) is 14.2. The summed E-state index contributed by atoms with van der Waals surface area (Å²) in [6.07, 6.45) is 0. The Morgan fingerprint density at radius 1 is 0.957 bits per heavy atom. The number of aromatic nitrogens is 2. The first-order valence-electron chi connectivity index (χ1n) is 8.08. The Labute approximate surface area is 136 Å². The number of rotatable bonds is 3. The number of aryl methyl sites for hydroxylation is 1. The van der Waals surface area contributed by atoms with Gasteiger partial charge in [-0.3, -0.25) is 0 Å². The molecule has 0 bridgehead atoms. The van der Waals surface area contributed by atoms with Crippen molar-refractivity contribution >= 4 is 32.8 Å². The third kappa shape index (κ3) is 2.20. The zero-order chi connectivity index (χ0) is 16.0. The molecule has 0 radical (unpaired) electrons. The monoisotopic (exact) mass is 303 g/mol. The number of nitrogens with zero attached hydrogens (tertiary/aromatic N) is 3. The zero-order valence-corrected chi connectivity index (χ0v) is 13.9. The molecule has 3 nitrogen and oxygen atoms in total. The normalized spacial score (nSPS) is 12.0. The molecule has 0 aliphatic heterocycles. The Morgan fingerprint density at radius 2 is 1.65 bits per heavy atom. The minimum atomic E-state index is 0.946. The van der Waals surface area contributed by atoms with Crippen LogP contribution in [0.2, 0.25) is 0 Å². The smallest absolute Gasteiger partial charge is 0.142 e. The highest BCUT2D eigenvalue weighted by molar-refractivity contribution is 6.12. The number of benzene rings is 2. The summed E-state index contributed by atoms with van der Waals surface area (Å²) >= 11 is 0. The fraction of sp³-hybridized carbons (Fsp3) is 0.250. The molecular weight excluding hydrogens is 282 g/mol. The molecule has 4 rings (SSSR count). The van der Waals surface area contributed by atoms with Crippen LogP contribution in [0.15, 0.2) is 48.5 Å². The summed E-state index contributed by atoms with van der Waals surface area (Å²) in [5, 5.41) is 3.84. The molecule has 2 aromatic heterocycles. The van der Waals surface area contributed by atoms with Gasteiger partial charge in [-0.05, 0) is 38.7 Å². The van der Waals surface area contributed by atoms with Gasteiger partial charge in [0.1, 0.15) is 5.65 Å². The maximum Gasteiger partial charge on any atom is 0.142 e. The van der Waals surface area contributed by atoms with E-state index in [1.807, 2.05) is 0 Å². The van der Waals surface area contributed by atoms with E-state index in [2.05, 4.69) is 79.0 Å². The highest BCUT2D eigenvalue weighted by atomic mass is 15.1. The summed E-state index contributed by atoms with van der Waals surface area (Å²) < 4.78 is 2.37. The summed E-state index contributed by atoms with van der Waals surface area (Å²) in [5.74, 6) is 0. The van der Waals surface area contributed by atoms with Crippen molar-refractivity contribution in [2.24, 2.45) is 0 Å². The lowest BCUT2D eigenvalue weighted by Crippen LogP contribution is -2.18. The van der Waals surface area contributed by atoms with Crippen LogP contribution in [0.5, 0.6) is 0 Å². The molecule has 0 aliphatic carbocycles. The molecule has 0 atom stereocenters. The van der Waals surface area contributed by atoms with Gasteiger partial charge in [0.05, 0.1) is 11.0 Å². The molecule has 0 aliphatic rings. The lowest BCUT2D eigenvalue weighted by molar-refractivity contribution is 0.389. The van der Waals surface area contributed by atoms with Crippen LogP contribution in [0.25, 0.3) is 32.8 Å². The van der Waals surface area contributed by atoms with E-state index in [0.29, 0.717) is 0 Å². The van der Waals surface area contributed by atoms with Crippen LogP contribution in [0.3, 0.4) is 0 Å². The van der Waals surface area contributed by atoms with Crippen molar-refractivity contribution in [2.45, 2.75) is 13.5 Å². The summed E-state index contributed by atoms with van der Waals surface area (Å²) in [5.41, 5.74) is 4.77. The Bertz CT molecular complexity index is 1010. The van der Waals surface area contributed by atoms with Gasteiger partial charge in [-0.25, -0.2) is 4.98 Å². The second-order valence-electron chi connectivity index (χ2n) is 6.42. The lowest BCUT2D eigenvalue weighted by Gasteiger charge is -2.12. The third-order valence-electron chi connectivity index (χ3n) is 4.62. The molecule has 0 unspecified atom stereocenters. The molecule has 0 N–H and O–H groups in total. The van der Waals surface area contributed by atoms with Gasteiger partial charge in [0.2, 0.25) is 0 Å². The van der Waals surface area contributed by atoms with E-state index in [9.17, 15) is 0 Å². The number of para-hydroxylation sites is 2. The van der Waals surface area contributed by atoms with Crippen LogP contribution in [0.1, 0.15) is 5.56 Å². The molecule has 23 heavy (non-hydrogen) atoms. The molecule has 0 saturated carbocycles. The minimum absolute atomic E-state index is 0.946. The minimum Gasteiger partial charge on any atom is -0.324 e. The molecule has 0 saturated heterocycles. The second-order valence-corrected chi connectivity index (χ2v) is 6.42. The van der Waals surface area contributed by atoms with E-state index in [1.54, 1.807) is 0 Å². The van der Waals surface area contributed by atoms with E-state index in [1.165, 1.54) is 27.2 Å². The summed E-state index contributed by atoms with van der Waals surface area (Å²) in [6, 6.07) is 17.1. The zero-order valence-electron chi connectivity index (χ0n) is 13.9. The van der Waals surface area contributed by atoms with Gasteiger partial charge in [0.15, 0.2) is 0 Å². The Morgan fingerprint density at radius 3 is 2.43 bits per heavy atom. The predicted octanol–water partition coefficient (Wildman–Crippen LogP) is 4.21. The highest BCUT2D eigenvalue weighted by Gasteiger charge is 2.15. The van der Waals surface area contributed by atoms with Crippen molar-refractivity contribution in [1.29, 1.82) is 0 Å². The van der Waals surface area contributed by atoms with Gasteiger partial charge in [-0.1, -0.05) is 36.4 Å². The molecule has 2 aromatic carbocycles. The Hall–Kier alpha value is -2.39. The number of hydrogen-bond acceptors (Lipinski definition) is 2. The molecule has 0 fully saturated rings. The predicted molar refractivity (Wildman–Crippen MR) is 98.0 cm³/mol. The van der Waals surface area contributed by atoms with E-state index in [-0.39, 0.29) is 0 Å². The maximum atomic E-state index is 5.00. The van der Waals surface area contributed by atoms with Gasteiger partial charge in [-0.2, -0.15) is 0 Å². The highest BCUT2D eigenvalue weighted by Crippen LogP contribution is 2.33. The van der Waals surface area contributed by atoms with E-state index in [0.717, 1.165) is 24.3 Å². The quantitative estimate of drug-likeness (QED) is 0.565. The molecule has 4 aromatic rings. The van der Waals surface area contributed by atoms with Crippen LogP contribution in [-0.4, -0.2) is 35.1 Å². The maximum absolute atomic E-state index is 5.00. The van der Waals surface area contributed by atoms with Crippen LogP contribution in [0.4, 0.5) is 0 Å². The van der Waals surface area contributed by atoms with Crippen LogP contribution in [-0.2, 0) is 6.54 Å². The van der Waals surface area contributed by atoms with E-state index < -0.39 is 0 Å². The second kappa shape index (κ2) is 5.36. The van der Waals surface area contributed by atoms with Crippen molar-refractivity contribution in [3.63, 3.8) is 0 Å². The largest absolute Gasteiger partial charge is 0.324 e. The van der Waals surface area contributed by atoms with Crippen molar-refractivity contribution in [3.8, 4) is 0 Å². The van der Waals surface area contributed by atoms with Crippen molar-refractivity contribution in [2.75, 3.05) is 20.6 Å². The van der Waals surface area contributed by atoms with Crippen LogP contribution < -0.4 is 0 Å². The molecule has 0 amide bonds. The Kier molecular flexibility index (Phi) is 3.31. The van der Waals surface area contributed by atoms with Crippen molar-refractivity contribution in [1.82, 2.24) is 14.5 Å². The fourth-order valence-corrected chi connectivity index (χ4v) is 3.44. The average Bonchev–Trinajstić information content (AvgIpc) is 2.87. The summed E-state index contributed by atoms with van der Waals surface area (Å²) in [7, 11) is 4.23. The summed E-state index contributed by atoms with van der Waals surface area (Å²) in [4.78, 5) is 7.21. The Balaban J connectivity index is 2.12. The van der Waals surface area contributed by atoms with E-state index >= 15 is 0 Å². The third-order valence-corrected chi connectivity index (χ3v) is 4.62. The fourth-order valence-electron chi connectivity index (χ4n) is 3.44. The molecule has 3 heteroatoms. The number of fused-ring (bicyclic) bond motifs is 4. The number of pyridine rings is 1. The molecule has 116 valence electrons. The molecular formula is C20H21N3. The van der Waals surface area contributed by atoms with Gasteiger partial charge in [0.25, 0.3) is 0 Å². The SMILES string of the molecule is Cc1c2ccccc2nc2c1c1ccccc1n2CCN(C)C. The van der Waals surface area contributed by atoms with Crippen molar-refractivity contribution in [3.05, 3.63) is 54.1 Å². The van der Waals surface area contributed by atoms with Crippen LogP contribution >= 0.6 is 0 Å². The standard InChI is InChI=1S/C20H21N3/c1-14-15-8-4-6-10-17(15)21-20-19(14)16-9-5-7-11-18(16)23(20)13-12-22(2)3/h4-11H,12-13H2,1-3H3. The van der Waals surface area contributed by atoms with E-state index in [4.69, 9.17) is 4.98 Å². The van der Waals surface area contributed by atoms with Gasteiger partial charge in [0, 0.05) is 29.2 Å². The van der Waals surface area contributed by atoms with Gasteiger partial charge >= 0.3 is 0 Å². The topological polar surface area (TPSA) is 21.1 Å².